The molecule has 4 heteroatoms. The molecule has 3 rings (SSSR count). The highest BCUT2D eigenvalue weighted by molar-refractivity contribution is 8.21. The largest absolute Gasteiger partial charge is 0.337 e. The van der Waals surface area contributed by atoms with E-state index in [-0.39, 0.29) is 0 Å². The lowest BCUT2D eigenvalue weighted by molar-refractivity contribution is 0.457. The van der Waals surface area contributed by atoms with Crippen molar-refractivity contribution in [1.29, 1.82) is 0 Å². The van der Waals surface area contributed by atoms with Crippen LogP contribution in [0.2, 0.25) is 0 Å². The topological polar surface area (TPSA) is 17.8 Å². The Morgan fingerprint density at radius 2 is 1.90 bits per heavy atom. The fourth-order valence-electron chi connectivity index (χ4n) is 3.76. The van der Waals surface area contributed by atoms with Crippen LogP contribution in [0, 0.1) is 5.92 Å². The average molecular weight is 325 g/mol. The Balaban J connectivity index is 1.40. The molecule has 0 unspecified atom stereocenters. The van der Waals surface area contributed by atoms with Crippen molar-refractivity contribution in [1.82, 2.24) is 9.55 Å². The van der Waals surface area contributed by atoms with Crippen LogP contribution in [0.5, 0.6) is 0 Å². The summed E-state index contributed by atoms with van der Waals surface area (Å²) in [5.41, 5.74) is 0. The van der Waals surface area contributed by atoms with E-state index < -0.39 is 0 Å². The van der Waals surface area contributed by atoms with Crippen LogP contribution in [0.1, 0.15) is 57.8 Å². The number of thioether (sulfide) groups is 2. The summed E-state index contributed by atoms with van der Waals surface area (Å²) in [4.78, 5) is 4.16. The second-order valence-corrected chi connectivity index (χ2v) is 9.77. The molecule has 21 heavy (non-hydrogen) atoms. The molecule has 1 aliphatic carbocycles. The van der Waals surface area contributed by atoms with Crippen molar-refractivity contribution in [3.63, 3.8) is 0 Å². The molecule has 0 amide bonds. The molecule has 0 spiro atoms. The van der Waals surface area contributed by atoms with E-state index in [2.05, 4.69) is 39.3 Å². The molecule has 2 heterocycles. The molecular formula is C17H28N2S2. The van der Waals surface area contributed by atoms with Crippen LogP contribution in [-0.2, 0) is 6.54 Å². The number of imidazole rings is 1. The highest BCUT2D eigenvalue weighted by Gasteiger charge is 2.34. The van der Waals surface area contributed by atoms with Gasteiger partial charge in [-0.15, -0.1) is 23.5 Å². The Morgan fingerprint density at radius 1 is 1.10 bits per heavy atom. The van der Waals surface area contributed by atoms with Gasteiger partial charge in [-0.25, -0.2) is 4.98 Å². The molecular weight excluding hydrogens is 296 g/mol. The molecule has 1 saturated heterocycles. The Kier molecular flexibility index (Phi) is 5.98. The van der Waals surface area contributed by atoms with E-state index in [0.29, 0.717) is 4.08 Å². The van der Waals surface area contributed by atoms with Crippen molar-refractivity contribution >= 4 is 23.5 Å². The first-order valence-electron chi connectivity index (χ1n) is 8.60. The van der Waals surface area contributed by atoms with Crippen molar-refractivity contribution in [2.45, 2.75) is 68.4 Å². The molecule has 2 nitrogen and oxygen atoms in total. The minimum absolute atomic E-state index is 0.500. The first-order chi connectivity index (χ1) is 10.4. The molecule has 2 aliphatic rings. The molecule has 1 saturated carbocycles. The van der Waals surface area contributed by atoms with Gasteiger partial charge in [0.05, 0.1) is 10.4 Å². The molecule has 1 aromatic rings. The van der Waals surface area contributed by atoms with Crippen molar-refractivity contribution < 1.29 is 0 Å². The predicted octanol–water partition coefficient (Wildman–Crippen LogP) is 5.20. The summed E-state index contributed by atoms with van der Waals surface area (Å²) in [5.74, 6) is 3.75. The zero-order valence-electron chi connectivity index (χ0n) is 13.0. The van der Waals surface area contributed by atoms with E-state index >= 15 is 0 Å². The van der Waals surface area contributed by atoms with Crippen LogP contribution < -0.4 is 0 Å². The van der Waals surface area contributed by atoms with E-state index in [1.54, 1.807) is 0 Å². The van der Waals surface area contributed by atoms with E-state index in [1.807, 2.05) is 12.5 Å². The second-order valence-electron chi connectivity index (χ2n) is 6.55. The summed E-state index contributed by atoms with van der Waals surface area (Å²) in [5, 5.41) is 0. The Bertz CT molecular complexity index is 393. The summed E-state index contributed by atoms with van der Waals surface area (Å²) in [6, 6.07) is 0. The van der Waals surface area contributed by atoms with Crippen LogP contribution in [0.4, 0.5) is 0 Å². The number of aromatic nitrogens is 2. The van der Waals surface area contributed by atoms with Gasteiger partial charge in [0.25, 0.3) is 0 Å². The predicted molar refractivity (Wildman–Crippen MR) is 94.9 cm³/mol. The third-order valence-corrected chi connectivity index (χ3v) is 8.67. The van der Waals surface area contributed by atoms with E-state index in [0.717, 1.165) is 12.5 Å². The lowest BCUT2D eigenvalue weighted by Gasteiger charge is -2.27. The fraction of sp³-hybridized carbons (Fsp3) is 0.824. The molecule has 1 aromatic heterocycles. The summed E-state index contributed by atoms with van der Waals surface area (Å²) in [6.45, 7) is 1.13. The standard InChI is InChI=1S/C17H28N2S2/c1-2-6-16(5-1)7-3-4-8-17(20-13-14-21-17)9-11-19-12-10-18-15-19/h10,12,15-16H,1-9,11,13-14H2. The van der Waals surface area contributed by atoms with Gasteiger partial charge in [0.2, 0.25) is 0 Å². The number of rotatable bonds is 8. The number of aryl methyl sites for hydroxylation is 1. The van der Waals surface area contributed by atoms with Gasteiger partial charge >= 0.3 is 0 Å². The molecule has 1 aliphatic heterocycles. The zero-order chi connectivity index (χ0) is 14.4. The zero-order valence-corrected chi connectivity index (χ0v) is 14.6. The summed E-state index contributed by atoms with van der Waals surface area (Å²) < 4.78 is 2.74. The van der Waals surface area contributed by atoms with E-state index in [9.17, 15) is 0 Å². The smallest absolute Gasteiger partial charge is 0.0945 e. The highest BCUT2D eigenvalue weighted by Crippen LogP contribution is 2.50. The third-order valence-electron chi connectivity index (χ3n) is 5.02. The summed E-state index contributed by atoms with van der Waals surface area (Å²) in [7, 11) is 0. The third kappa shape index (κ3) is 4.69. The van der Waals surface area contributed by atoms with E-state index in [4.69, 9.17) is 0 Å². The van der Waals surface area contributed by atoms with Gasteiger partial charge in [0.15, 0.2) is 0 Å². The van der Waals surface area contributed by atoms with Crippen LogP contribution in [-0.4, -0.2) is 25.1 Å². The molecule has 118 valence electrons. The Morgan fingerprint density at radius 3 is 2.62 bits per heavy atom. The maximum absolute atomic E-state index is 4.16. The maximum atomic E-state index is 4.16. The maximum Gasteiger partial charge on any atom is 0.0945 e. The second kappa shape index (κ2) is 7.96. The average Bonchev–Trinajstić information content (AvgIpc) is 3.23. The first kappa shape index (κ1) is 15.8. The lowest BCUT2D eigenvalue weighted by atomic mass is 9.99. The summed E-state index contributed by atoms with van der Waals surface area (Å²) >= 11 is 4.45. The monoisotopic (exact) mass is 324 g/mol. The molecule has 0 bridgehead atoms. The Hall–Kier alpha value is -0.0900. The van der Waals surface area contributed by atoms with Crippen molar-refractivity contribution in [3.8, 4) is 0 Å². The normalized spacial score (nSPS) is 22.1. The van der Waals surface area contributed by atoms with Gasteiger partial charge in [-0.3, -0.25) is 0 Å². The van der Waals surface area contributed by atoms with Gasteiger partial charge in [-0.1, -0.05) is 44.9 Å². The van der Waals surface area contributed by atoms with Crippen molar-refractivity contribution in [3.05, 3.63) is 18.7 Å². The lowest BCUT2D eigenvalue weighted by Crippen LogP contribution is -2.19. The van der Waals surface area contributed by atoms with Gasteiger partial charge < -0.3 is 4.57 Å². The fourth-order valence-corrected chi connectivity index (χ4v) is 7.05. The van der Waals surface area contributed by atoms with Gasteiger partial charge in [0, 0.05) is 30.4 Å². The molecule has 2 fully saturated rings. The van der Waals surface area contributed by atoms with Crippen molar-refractivity contribution in [2.75, 3.05) is 11.5 Å². The van der Waals surface area contributed by atoms with Crippen molar-refractivity contribution in [2.24, 2.45) is 5.92 Å². The SMILES string of the molecule is c1cn(CCC2(CCCCC3CCCC3)SCCS2)cn1. The van der Waals surface area contributed by atoms with Crippen LogP contribution in [0.3, 0.4) is 0 Å². The first-order valence-corrected chi connectivity index (χ1v) is 10.6. The minimum Gasteiger partial charge on any atom is -0.337 e. The van der Waals surface area contributed by atoms with Gasteiger partial charge in [-0.05, 0) is 18.8 Å². The summed E-state index contributed by atoms with van der Waals surface area (Å²) in [6.07, 6.45) is 19.0. The molecule has 0 radical (unpaired) electrons. The van der Waals surface area contributed by atoms with Crippen LogP contribution in [0.15, 0.2) is 18.7 Å². The van der Waals surface area contributed by atoms with Gasteiger partial charge in [-0.2, -0.15) is 0 Å². The number of nitrogens with zero attached hydrogens (tertiary/aromatic N) is 2. The number of unbranched alkanes of at least 4 members (excludes halogenated alkanes) is 1. The highest BCUT2D eigenvalue weighted by atomic mass is 32.2. The van der Waals surface area contributed by atoms with Crippen LogP contribution in [0.25, 0.3) is 0 Å². The Labute approximate surface area is 137 Å². The number of hydrogen-bond acceptors (Lipinski definition) is 3. The molecule has 0 atom stereocenters. The molecule has 0 aromatic carbocycles. The number of hydrogen-bond donors (Lipinski definition) is 0. The quantitative estimate of drug-likeness (QED) is 0.612. The van der Waals surface area contributed by atoms with Gasteiger partial charge in [0.1, 0.15) is 0 Å². The minimum atomic E-state index is 0.500. The van der Waals surface area contributed by atoms with Crippen LogP contribution >= 0.6 is 23.5 Å². The van der Waals surface area contributed by atoms with E-state index in [1.165, 1.54) is 69.3 Å². The molecule has 0 N–H and O–H groups in total.